The van der Waals surface area contributed by atoms with Gasteiger partial charge in [0, 0.05) is 30.4 Å². The molecule has 0 spiro atoms. The number of hydrogen-bond acceptors (Lipinski definition) is 4. The van der Waals surface area contributed by atoms with Crippen molar-refractivity contribution in [3.63, 3.8) is 0 Å². The number of rotatable bonds is 4. The fourth-order valence-corrected chi connectivity index (χ4v) is 3.94. The summed E-state index contributed by atoms with van der Waals surface area (Å²) in [5, 5.41) is 3.23. The summed E-state index contributed by atoms with van der Waals surface area (Å²) in [4.78, 5) is 30.6. The van der Waals surface area contributed by atoms with Crippen LogP contribution in [0.4, 0.5) is 18.9 Å². The molecule has 1 fully saturated rings. The Morgan fingerprint density at radius 2 is 1.78 bits per heavy atom. The maximum absolute atomic E-state index is 13.7. The summed E-state index contributed by atoms with van der Waals surface area (Å²) >= 11 is 0. The Hall–Kier alpha value is -3.62. The predicted molar refractivity (Wildman–Crippen MR) is 112 cm³/mol. The number of amides is 2. The first-order valence-corrected chi connectivity index (χ1v) is 10.1. The van der Waals surface area contributed by atoms with Gasteiger partial charge in [0.25, 0.3) is 0 Å². The minimum Gasteiger partial charge on any atom is -0.435 e. The number of ether oxygens (including phenoxy) is 1. The first kappa shape index (κ1) is 21.6. The second kappa shape index (κ2) is 9.25. The highest BCUT2D eigenvalue weighted by molar-refractivity contribution is 6.39. The van der Waals surface area contributed by atoms with E-state index in [0.29, 0.717) is 37.1 Å². The van der Waals surface area contributed by atoms with Crippen LogP contribution < -0.4 is 10.1 Å². The van der Waals surface area contributed by atoms with E-state index >= 15 is 0 Å². The van der Waals surface area contributed by atoms with Gasteiger partial charge in [-0.2, -0.15) is 8.78 Å². The lowest BCUT2D eigenvalue weighted by Crippen LogP contribution is -2.43. The molecule has 0 bridgehead atoms. The van der Waals surface area contributed by atoms with E-state index in [1.165, 1.54) is 41.3 Å². The van der Waals surface area contributed by atoms with Gasteiger partial charge in [-0.25, -0.2) is 4.39 Å². The predicted octanol–water partition coefficient (Wildman–Crippen LogP) is 4.32. The van der Waals surface area contributed by atoms with E-state index in [0.717, 1.165) is 10.9 Å². The third kappa shape index (κ3) is 4.82. The van der Waals surface area contributed by atoms with Gasteiger partial charge in [0.1, 0.15) is 11.6 Å². The number of hydrogen-bond donors (Lipinski definition) is 1. The Morgan fingerprint density at radius 1 is 1.06 bits per heavy atom. The molecule has 0 aliphatic carbocycles. The van der Waals surface area contributed by atoms with Crippen LogP contribution in [0.25, 0.3) is 10.9 Å². The topological polar surface area (TPSA) is 71.5 Å². The smallest absolute Gasteiger partial charge is 0.387 e. The lowest BCUT2D eigenvalue weighted by Gasteiger charge is -2.32. The Labute approximate surface area is 182 Å². The standard InChI is InChI=1S/C23H20F3N3O3/c24-15-1-6-20-19(13-15)18(7-10-27-20)14-8-11-29(12-9-14)22(31)21(30)28-16-2-4-17(5-3-16)32-23(25)26/h1-7,10,13-14,23H,8-9,11-12H2,(H,28,30). The zero-order valence-corrected chi connectivity index (χ0v) is 16.9. The average Bonchev–Trinajstić information content (AvgIpc) is 2.79. The number of nitrogens with zero attached hydrogens (tertiary/aromatic N) is 2. The van der Waals surface area contributed by atoms with Crippen LogP contribution in [-0.4, -0.2) is 41.4 Å². The maximum Gasteiger partial charge on any atom is 0.387 e. The molecule has 1 N–H and O–H groups in total. The van der Waals surface area contributed by atoms with Gasteiger partial charge in [-0.3, -0.25) is 14.6 Å². The molecule has 1 aliphatic heterocycles. The van der Waals surface area contributed by atoms with Crippen molar-refractivity contribution in [2.75, 3.05) is 18.4 Å². The third-order valence-electron chi connectivity index (χ3n) is 5.49. The van der Waals surface area contributed by atoms with Gasteiger partial charge in [0.2, 0.25) is 0 Å². The number of aromatic nitrogens is 1. The molecule has 4 rings (SSSR count). The molecule has 1 saturated heterocycles. The van der Waals surface area contributed by atoms with E-state index in [4.69, 9.17) is 0 Å². The minimum absolute atomic E-state index is 0.0464. The van der Waals surface area contributed by atoms with E-state index in [9.17, 15) is 22.8 Å². The Morgan fingerprint density at radius 3 is 2.47 bits per heavy atom. The molecule has 0 unspecified atom stereocenters. The molecule has 1 aromatic heterocycles. The van der Waals surface area contributed by atoms with Crippen LogP contribution in [0.2, 0.25) is 0 Å². The molecule has 0 radical (unpaired) electrons. The number of carbonyl (C=O) groups is 2. The van der Waals surface area contributed by atoms with Gasteiger partial charge >= 0.3 is 18.4 Å². The van der Waals surface area contributed by atoms with Crippen molar-refractivity contribution in [3.8, 4) is 5.75 Å². The molecule has 32 heavy (non-hydrogen) atoms. The fraction of sp³-hybridized carbons (Fsp3) is 0.261. The van der Waals surface area contributed by atoms with Crippen molar-refractivity contribution < 1.29 is 27.5 Å². The van der Waals surface area contributed by atoms with E-state index < -0.39 is 18.4 Å². The number of alkyl halides is 2. The molecule has 1 aliphatic rings. The van der Waals surface area contributed by atoms with Crippen LogP contribution in [0, 0.1) is 5.82 Å². The summed E-state index contributed by atoms with van der Waals surface area (Å²) in [5.41, 5.74) is 1.99. The summed E-state index contributed by atoms with van der Waals surface area (Å²) in [7, 11) is 0. The number of piperidine rings is 1. The molecule has 6 nitrogen and oxygen atoms in total. The average molecular weight is 443 g/mol. The lowest BCUT2D eigenvalue weighted by atomic mass is 9.87. The molecule has 2 heterocycles. The van der Waals surface area contributed by atoms with Gasteiger partial charge in [-0.15, -0.1) is 0 Å². The molecule has 9 heteroatoms. The molecule has 2 amide bonds. The van der Waals surface area contributed by atoms with Crippen molar-refractivity contribution >= 4 is 28.4 Å². The van der Waals surface area contributed by atoms with Crippen molar-refractivity contribution in [3.05, 3.63) is 66.1 Å². The number of pyridine rings is 1. The second-order valence-corrected chi connectivity index (χ2v) is 7.49. The number of nitrogens with one attached hydrogen (secondary N) is 1. The quantitative estimate of drug-likeness (QED) is 0.610. The molecule has 166 valence electrons. The van der Waals surface area contributed by atoms with Crippen LogP contribution in [0.3, 0.4) is 0 Å². The number of carbonyl (C=O) groups excluding carboxylic acids is 2. The van der Waals surface area contributed by atoms with Gasteiger partial charge in [-0.1, -0.05) is 0 Å². The van der Waals surface area contributed by atoms with Crippen LogP contribution in [0.15, 0.2) is 54.7 Å². The van der Waals surface area contributed by atoms with E-state index in [1.807, 2.05) is 6.07 Å². The lowest BCUT2D eigenvalue weighted by molar-refractivity contribution is -0.143. The van der Waals surface area contributed by atoms with E-state index in [-0.39, 0.29) is 17.5 Å². The first-order chi connectivity index (χ1) is 15.4. The Kier molecular flexibility index (Phi) is 6.25. The van der Waals surface area contributed by atoms with Gasteiger partial charge in [0.05, 0.1) is 5.52 Å². The zero-order chi connectivity index (χ0) is 22.7. The summed E-state index contributed by atoms with van der Waals surface area (Å²) in [6.45, 7) is -2.17. The molecular weight excluding hydrogens is 423 g/mol. The highest BCUT2D eigenvalue weighted by Gasteiger charge is 2.28. The Balaban J connectivity index is 1.36. The highest BCUT2D eigenvalue weighted by atomic mass is 19.3. The number of halogens is 3. The van der Waals surface area contributed by atoms with E-state index in [2.05, 4.69) is 15.0 Å². The van der Waals surface area contributed by atoms with Crippen molar-refractivity contribution in [2.45, 2.75) is 25.4 Å². The molecule has 3 aromatic rings. The second-order valence-electron chi connectivity index (χ2n) is 7.49. The first-order valence-electron chi connectivity index (χ1n) is 10.1. The summed E-state index contributed by atoms with van der Waals surface area (Å²) in [6, 6.07) is 11.7. The number of benzene rings is 2. The highest BCUT2D eigenvalue weighted by Crippen LogP contribution is 2.32. The molecule has 0 atom stereocenters. The van der Waals surface area contributed by atoms with Crippen molar-refractivity contribution in [1.29, 1.82) is 0 Å². The summed E-state index contributed by atoms with van der Waals surface area (Å²) in [6.07, 6.45) is 2.96. The van der Waals surface area contributed by atoms with Gasteiger partial charge in [-0.05, 0) is 72.9 Å². The molecule has 0 saturated carbocycles. The molecule has 2 aromatic carbocycles. The normalized spacial score (nSPS) is 14.6. The fourth-order valence-electron chi connectivity index (χ4n) is 3.94. The van der Waals surface area contributed by atoms with Gasteiger partial charge < -0.3 is 15.0 Å². The van der Waals surface area contributed by atoms with Crippen LogP contribution >= 0.6 is 0 Å². The largest absolute Gasteiger partial charge is 0.435 e. The Bertz CT molecular complexity index is 1130. The van der Waals surface area contributed by atoms with Gasteiger partial charge in [0.15, 0.2) is 0 Å². The van der Waals surface area contributed by atoms with Crippen LogP contribution in [0.5, 0.6) is 5.75 Å². The number of likely N-dealkylation sites (tertiary alicyclic amines) is 1. The van der Waals surface area contributed by atoms with E-state index in [1.54, 1.807) is 12.3 Å². The van der Waals surface area contributed by atoms with Crippen molar-refractivity contribution in [2.24, 2.45) is 0 Å². The minimum atomic E-state index is -2.94. The van der Waals surface area contributed by atoms with Crippen LogP contribution in [0.1, 0.15) is 24.3 Å². The third-order valence-corrected chi connectivity index (χ3v) is 5.49. The SMILES string of the molecule is O=C(Nc1ccc(OC(F)F)cc1)C(=O)N1CCC(c2ccnc3ccc(F)cc23)CC1. The molecular formula is C23H20F3N3O3. The summed E-state index contributed by atoms with van der Waals surface area (Å²) in [5.74, 6) is -1.72. The zero-order valence-electron chi connectivity index (χ0n) is 16.9. The monoisotopic (exact) mass is 443 g/mol. The van der Waals surface area contributed by atoms with Crippen molar-refractivity contribution in [1.82, 2.24) is 9.88 Å². The summed E-state index contributed by atoms with van der Waals surface area (Å²) < 4.78 is 42.4. The number of fused-ring (bicyclic) bond motifs is 1. The maximum atomic E-state index is 13.7. The van der Waals surface area contributed by atoms with Crippen LogP contribution in [-0.2, 0) is 9.59 Å². The number of anilines is 1.